The summed E-state index contributed by atoms with van der Waals surface area (Å²) in [6.07, 6.45) is 12.7. The molecule has 0 bridgehead atoms. The Balaban J connectivity index is 1.62. The van der Waals surface area contributed by atoms with E-state index in [9.17, 15) is 0 Å². The summed E-state index contributed by atoms with van der Waals surface area (Å²) in [7, 11) is 0. The van der Waals surface area contributed by atoms with Crippen molar-refractivity contribution >= 4 is 17.0 Å². The van der Waals surface area contributed by atoms with E-state index in [2.05, 4.69) is 68.3 Å². The van der Waals surface area contributed by atoms with E-state index >= 15 is 0 Å². The van der Waals surface area contributed by atoms with E-state index in [1.54, 1.807) is 0 Å². The van der Waals surface area contributed by atoms with Crippen LogP contribution in [0.25, 0.3) is 11.1 Å². The molecule has 2 N–H and O–H groups in total. The molecule has 1 aromatic rings. The van der Waals surface area contributed by atoms with Gasteiger partial charge in [-0.15, -0.1) is 0 Å². The number of hydrogen-bond donors (Lipinski definition) is 1. The van der Waals surface area contributed by atoms with Crippen molar-refractivity contribution in [2.75, 3.05) is 13.1 Å². The van der Waals surface area contributed by atoms with Gasteiger partial charge in [-0.3, -0.25) is 4.99 Å². The van der Waals surface area contributed by atoms with Gasteiger partial charge in [-0.1, -0.05) is 63.4 Å². The molecular weight excluding hydrogens is 378 g/mol. The Morgan fingerprint density at radius 1 is 1.16 bits per heavy atom. The fourth-order valence-electron chi connectivity index (χ4n) is 4.95. The summed E-state index contributed by atoms with van der Waals surface area (Å²) in [6, 6.07) is 6.90. The fourth-order valence-corrected chi connectivity index (χ4v) is 4.95. The highest BCUT2D eigenvalue weighted by molar-refractivity contribution is 5.86. The first-order valence-corrected chi connectivity index (χ1v) is 11.7. The molecule has 1 unspecified atom stereocenters. The Morgan fingerprint density at radius 2 is 1.94 bits per heavy atom. The highest BCUT2D eigenvalue weighted by Crippen LogP contribution is 2.37. The number of benzene rings is 1. The lowest BCUT2D eigenvalue weighted by atomic mass is 9.88. The number of fused-ring (bicyclic) bond motifs is 2. The van der Waals surface area contributed by atoms with Gasteiger partial charge in [0.1, 0.15) is 0 Å². The van der Waals surface area contributed by atoms with E-state index in [1.807, 2.05) is 0 Å². The van der Waals surface area contributed by atoms with Gasteiger partial charge >= 0.3 is 0 Å². The van der Waals surface area contributed by atoms with E-state index in [4.69, 9.17) is 10.7 Å². The van der Waals surface area contributed by atoms with Gasteiger partial charge in [0.2, 0.25) is 0 Å². The first kappa shape index (κ1) is 21.4. The number of nitrogens with two attached hydrogens (primary N) is 1. The monoisotopic (exact) mass is 413 g/mol. The highest BCUT2D eigenvalue weighted by atomic mass is 15.1. The molecule has 3 aliphatic rings. The quantitative estimate of drug-likeness (QED) is 0.591. The molecule has 0 amide bonds. The lowest BCUT2D eigenvalue weighted by Gasteiger charge is -2.27. The Labute approximate surface area is 187 Å². The predicted octanol–water partition coefficient (Wildman–Crippen LogP) is 6.05. The molecule has 0 fully saturated rings. The summed E-state index contributed by atoms with van der Waals surface area (Å²) in [5.74, 6) is 0.709. The third kappa shape index (κ3) is 4.46. The zero-order valence-electron chi connectivity index (χ0n) is 19.1. The van der Waals surface area contributed by atoms with Crippen LogP contribution in [0.1, 0.15) is 62.6 Å². The number of amidine groups is 1. The second kappa shape index (κ2) is 9.13. The second-order valence-electron chi connectivity index (χ2n) is 8.95. The number of aliphatic imine (C=N–C) groups is 1. The fraction of sp³-hybridized carbons (Fsp3) is 0.393. The van der Waals surface area contributed by atoms with E-state index < -0.39 is 0 Å². The maximum Gasteiger partial charge on any atom is 0.0990 e. The Bertz CT molecular complexity index is 1010. The molecule has 1 atom stereocenters. The molecule has 162 valence electrons. The molecular formula is C28H35N3. The summed E-state index contributed by atoms with van der Waals surface area (Å²) in [5, 5.41) is 0. The van der Waals surface area contributed by atoms with Gasteiger partial charge in [0, 0.05) is 25.2 Å². The summed E-state index contributed by atoms with van der Waals surface area (Å²) in [5.41, 5.74) is 16.6. The zero-order chi connectivity index (χ0) is 22.0. The van der Waals surface area contributed by atoms with Crippen LogP contribution in [-0.4, -0.2) is 29.9 Å². The lowest BCUT2D eigenvalue weighted by Crippen LogP contribution is -2.26. The van der Waals surface area contributed by atoms with Gasteiger partial charge in [0.15, 0.2) is 0 Å². The van der Waals surface area contributed by atoms with Crippen molar-refractivity contribution in [2.45, 2.75) is 58.4 Å². The predicted molar refractivity (Wildman–Crippen MR) is 134 cm³/mol. The van der Waals surface area contributed by atoms with E-state index in [0.717, 1.165) is 50.9 Å². The zero-order valence-corrected chi connectivity index (χ0v) is 19.1. The maximum absolute atomic E-state index is 6.38. The first-order valence-electron chi connectivity index (χ1n) is 11.7. The molecule has 2 aliphatic carbocycles. The number of rotatable bonds is 7. The van der Waals surface area contributed by atoms with Crippen LogP contribution in [0.2, 0.25) is 0 Å². The Hall–Kier alpha value is -2.81. The SMILES string of the molecule is C=C1CCc2cc(C3=CC=C4C=C(C(=C)N(CCC)CCC)CC(N)=NC4C3)ccc21. The van der Waals surface area contributed by atoms with E-state index in [0.29, 0.717) is 12.3 Å². The average molecular weight is 414 g/mol. The first-order chi connectivity index (χ1) is 15.0. The van der Waals surface area contributed by atoms with Gasteiger partial charge in [0.25, 0.3) is 0 Å². The molecule has 1 heterocycles. The normalized spacial score (nSPS) is 20.1. The van der Waals surface area contributed by atoms with Crippen LogP contribution in [0.15, 0.2) is 71.4 Å². The maximum atomic E-state index is 6.38. The van der Waals surface area contributed by atoms with E-state index in [1.165, 1.54) is 39.0 Å². The third-order valence-electron chi connectivity index (χ3n) is 6.60. The molecule has 4 rings (SSSR count). The molecule has 31 heavy (non-hydrogen) atoms. The van der Waals surface area contributed by atoms with Crippen molar-refractivity contribution in [2.24, 2.45) is 10.7 Å². The average Bonchev–Trinajstić information content (AvgIpc) is 3.04. The van der Waals surface area contributed by atoms with Gasteiger partial charge in [-0.05, 0) is 71.1 Å². The number of hydrogen-bond acceptors (Lipinski definition) is 3. The molecule has 0 saturated carbocycles. The Kier molecular flexibility index (Phi) is 6.31. The summed E-state index contributed by atoms with van der Waals surface area (Å²) >= 11 is 0. The third-order valence-corrected chi connectivity index (χ3v) is 6.60. The molecule has 0 aromatic heterocycles. The van der Waals surface area contributed by atoms with Crippen LogP contribution in [-0.2, 0) is 6.42 Å². The van der Waals surface area contributed by atoms with Crippen LogP contribution >= 0.6 is 0 Å². The summed E-state index contributed by atoms with van der Waals surface area (Å²) < 4.78 is 0. The van der Waals surface area contributed by atoms with Crippen molar-refractivity contribution < 1.29 is 0 Å². The smallest absolute Gasteiger partial charge is 0.0990 e. The molecule has 3 nitrogen and oxygen atoms in total. The number of allylic oxidation sites excluding steroid dienone is 4. The van der Waals surface area contributed by atoms with Gasteiger partial charge in [-0.25, -0.2) is 0 Å². The van der Waals surface area contributed by atoms with Crippen LogP contribution < -0.4 is 5.73 Å². The molecule has 1 aromatic carbocycles. The van der Waals surface area contributed by atoms with Crippen molar-refractivity contribution in [3.05, 3.63) is 83.1 Å². The van der Waals surface area contributed by atoms with Gasteiger partial charge in [-0.2, -0.15) is 0 Å². The topological polar surface area (TPSA) is 41.6 Å². The summed E-state index contributed by atoms with van der Waals surface area (Å²) in [6.45, 7) is 15.1. The second-order valence-corrected chi connectivity index (χ2v) is 8.95. The van der Waals surface area contributed by atoms with Crippen LogP contribution in [0.4, 0.5) is 0 Å². The van der Waals surface area contributed by atoms with Crippen molar-refractivity contribution in [1.29, 1.82) is 0 Å². The number of nitrogens with zero attached hydrogens (tertiary/aromatic N) is 2. The van der Waals surface area contributed by atoms with Crippen LogP contribution in [0.5, 0.6) is 0 Å². The van der Waals surface area contributed by atoms with Crippen LogP contribution in [0, 0.1) is 0 Å². The van der Waals surface area contributed by atoms with Gasteiger partial charge < -0.3 is 10.6 Å². The minimum Gasteiger partial charge on any atom is -0.387 e. The van der Waals surface area contributed by atoms with Crippen molar-refractivity contribution in [3.63, 3.8) is 0 Å². The molecule has 0 radical (unpaired) electrons. The minimum atomic E-state index is 0.0827. The van der Waals surface area contributed by atoms with E-state index in [-0.39, 0.29) is 6.04 Å². The van der Waals surface area contributed by atoms with Crippen molar-refractivity contribution in [1.82, 2.24) is 4.90 Å². The lowest BCUT2D eigenvalue weighted by molar-refractivity contribution is 0.351. The molecule has 0 spiro atoms. The molecule has 0 saturated heterocycles. The molecule has 1 aliphatic heterocycles. The minimum absolute atomic E-state index is 0.0827. The number of aryl methyl sites for hydroxylation is 1. The van der Waals surface area contributed by atoms with Crippen molar-refractivity contribution in [3.8, 4) is 0 Å². The summed E-state index contributed by atoms with van der Waals surface area (Å²) in [4.78, 5) is 7.29. The standard InChI is InChI=1S/C28H35N3/c1-5-13-31(14-6-2)20(4)25-16-24-10-9-22(17-27(24)30-28(29)18-25)21-11-12-26-19(3)7-8-23(26)15-21/h9-12,15-16,27H,3-8,13-14,17-18H2,1-2H3,(H2,29,30). The van der Waals surface area contributed by atoms with Gasteiger partial charge in [0.05, 0.1) is 11.9 Å². The molecule has 3 heteroatoms. The highest BCUT2D eigenvalue weighted by Gasteiger charge is 2.24. The Morgan fingerprint density at radius 3 is 2.68 bits per heavy atom. The largest absolute Gasteiger partial charge is 0.387 e. The van der Waals surface area contributed by atoms with Crippen LogP contribution in [0.3, 0.4) is 0 Å².